The van der Waals surface area contributed by atoms with E-state index in [0.29, 0.717) is 6.61 Å². The summed E-state index contributed by atoms with van der Waals surface area (Å²) in [5, 5.41) is 3.26. The number of benzene rings is 1. The molecule has 0 radical (unpaired) electrons. The predicted octanol–water partition coefficient (Wildman–Crippen LogP) is 2.39. The second-order valence-corrected chi connectivity index (χ2v) is 4.26. The van der Waals surface area contributed by atoms with Crippen molar-refractivity contribution < 1.29 is 9.53 Å². The summed E-state index contributed by atoms with van der Waals surface area (Å²) in [6.07, 6.45) is 1.96. The van der Waals surface area contributed by atoms with E-state index in [0.717, 1.165) is 24.9 Å². The van der Waals surface area contributed by atoms with Gasteiger partial charge >= 0.3 is 6.09 Å². The maximum Gasteiger partial charge on any atom is 0.411 e. The van der Waals surface area contributed by atoms with Crippen LogP contribution < -0.4 is 5.32 Å². The van der Waals surface area contributed by atoms with Crippen LogP contribution in [0.3, 0.4) is 0 Å². The van der Waals surface area contributed by atoms with E-state index < -0.39 is 0 Å². The Morgan fingerprint density at radius 2 is 2.17 bits per heavy atom. The number of carbonyl (C=O) groups is 1. The molecular formula is C13H19ClN2O2. The number of nitrogens with zero attached hydrogens (tertiary/aromatic N) is 1. The molecule has 1 amide bonds. The molecule has 1 heterocycles. The molecular weight excluding hydrogens is 252 g/mol. The van der Waals surface area contributed by atoms with Gasteiger partial charge in [-0.15, -0.1) is 12.4 Å². The summed E-state index contributed by atoms with van der Waals surface area (Å²) in [6, 6.07) is 9.71. The minimum Gasteiger partial charge on any atom is -0.445 e. The number of nitrogens with one attached hydrogen (secondary N) is 1. The first-order valence-corrected chi connectivity index (χ1v) is 5.94. The van der Waals surface area contributed by atoms with Gasteiger partial charge in [0.05, 0.1) is 6.17 Å². The van der Waals surface area contributed by atoms with Gasteiger partial charge in [-0.25, -0.2) is 4.79 Å². The number of hydrogen-bond donors (Lipinski definition) is 1. The third-order valence-electron chi connectivity index (χ3n) is 2.99. The van der Waals surface area contributed by atoms with Crippen molar-refractivity contribution in [2.45, 2.75) is 25.6 Å². The maximum absolute atomic E-state index is 11.8. The second kappa shape index (κ2) is 7.24. The van der Waals surface area contributed by atoms with Crippen LogP contribution in [0.4, 0.5) is 4.79 Å². The minimum atomic E-state index is -0.270. The van der Waals surface area contributed by atoms with Crippen molar-refractivity contribution >= 4 is 18.5 Å². The molecule has 1 aromatic carbocycles. The summed E-state index contributed by atoms with van der Waals surface area (Å²) >= 11 is 0. The van der Waals surface area contributed by atoms with E-state index in [4.69, 9.17) is 4.74 Å². The molecule has 0 aromatic heterocycles. The molecule has 100 valence electrons. The molecule has 0 unspecified atom stereocenters. The van der Waals surface area contributed by atoms with Crippen LogP contribution in [0.5, 0.6) is 0 Å². The van der Waals surface area contributed by atoms with Gasteiger partial charge in [-0.1, -0.05) is 30.3 Å². The summed E-state index contributed by atoms with van der Waals surface area (Å²) in [7, 11) is 1.77. The fourth-order valence-electron chi connectivity index (χ4n) is 1.95. The highest BCUT2D eigenvalue weighted by atomic mass is 35.5. The highest BCUT2D eigenvalue weighted by Crippen LogP contribution is 2.10. The summed E-state index contributed by atoms with van der Waals surface area (Å²) in [4.78, 5) is 13.4. The van der Waals surface area contributed by atoms with E-state index in [1.54, 1.807) is 11.9 Å². The van der Waals surface area contributed by atoms with Crippen LogP contribution in [0.2, 0.25) is 0 Å². The van der Waals surface area contributed by atoms with Gasteiger partial charge in [0.2, 0.25) is 0 Å². The largest absolute Gasteiger partial charge is 0.445 e. The Balaban J connectivity index is 0.00000162. The lowest BCUT2D eigenvalue weighted by Crippen LogP contribution is -2.43. The molecule has 5 heteroatoms. The van der Waals surface area contributed by atoms with Crippen LogP contribution in [0.25, 0.3) is 0 Å². The van der Waals surface area contributed by atoms with E-state index in [1.807, 2.05) is 30.3 Å². The van der Waals surface area contributed by atoms with Crippen molar-refractivity contribution in [2.24, 2.45) is 0 Å². The number of amides is 1. The van der Waals surface area contributed by atoms with Gasteiger partial charge in [-0.2, -0.15) is 0 Å². The number of ether oxygens (including phenoxy) is 1. The lowest BCUT2D eigenvalue weighted by molar-refractivity contribution is 0.0883. The molecule has 1 aliphatic heterocycles. The zero-order valence-electron chi connectivity index (χ0n) is 10.5. The van der Waals surface area contributed by atoms with Crippen molar-refractivity contribution in [3.8, 4) is 0 Å². The van der Waals surface area contributed by atoms with Crippen molar-refractivity contribution in [2.75, 3.05) is 13.6 Å². The topological polar surface area (TPSA) is 41.6 Å². The molecule has 1 aliphatic rings. The maximum atomic E-state index is 11.8. The Kier molecular flexibility index (Phi) is 5.95. The van der Waals surface area contributed by atoms with Gasteiger partial charge in [0, 0.05) is 7.05 Å². The Morgan fingerprint density at radius 3 is 2.78 bits per heavy atom. The number of rotatable bonds is 3. The number of carbonyl (C=O) groups excluding carboxylic acids is 1. The molecule has 1 fully saturated rings. The summed E-state index contributed by atoms with van der Waals surface area (Å²) in [6.45, 7) is 1.30. The fraction of sp³-hybridized carbons (Fsp3) is 0.462. The van der Waals surface area contributed by atoms with Crippen LogP contribution in [0.1, 0.15) is 18.4 Å². The fourth-order valence-corrected chi connectivity index (χ4v) is 1.95. The Bertz CT molecular complexity index is 367. The molecule has 18 heavy (non-hydrogen) atoms. The molecule has 0 spiro atoms. The van der Waals surface area contributed by atoms with E-state index in [-0.39, 0.29) is 24.7 Å². The molecule has 2 rings (SSSR count). The zero-order valence-corrected chi connectivity index (χ0v) is 11.3. The van der Waals surface area contributed by atoms with Gasteiger partial charge in [0.15, 0.2) is 0 Å². The third-order valence-corrected chi connectivity index (χ3v) is 2.99. The minimum absolute atomic E-state index is 0. The van der Waals surface area contributed by atoms with E-state index >= 15 is 0 Å². The van der Waals surface area contributed by atoms with Crippen LogP contribution >= 0.6 is 12.4 Å². The van der Waals surface area contributed by atoms with Crippen molar-refractivity contribution in [3.63, 3.8) is 0 Å². The van der Waals surface area contributed by atoms with Crippen molar-refractivity contribution in [1.82, 2.24) is 10.2 Å². The first-order chi connectivity index (χ1) is 8.27. The Labute approximate surface area is 114 Å². The highest BCUT2D eigenvalue weighted by molar-refractivity contribution is 5.85. The van der Waals surface area contributed by atoms with E-state index in [9.17, 15) is 4.79 Å². The molecule has 0 aliphatic carbocycles. The first-order valence-electron chi connectivity index (χ1n) is 5.94. The van der Waals surface area contributed by atoms with Crippen molar-refractivity contribution in [1.29, 1.82) is 0 Å². The zero-order chi connectivity index (χ0) is 12.1. The third kappa shape index (κ3) is 3.89. The smallest absolute Gasteiger partial charge is 0.411 e. The van der Waals surface area contributed by atoms with Crippen LogP contribution in [-0.4, -0.2) is 30.8 Å². The van der Waals surface area contributed by atoms with Crippen molar-refractivity contribution in [3.05, 3.63) is 35.9 Å². The molecule has 1 N–H and O–H groups in total. The van der Waals surface area contributed by atoms with Gasteiger partial charge in [-0.3, -0.25) is 10.2 Å². The summed E-state index contributed by atoms with van der Waals surface area (Å²) in [5.74, 6) is 0. The summed E-state index contributed by atoms with van der Waals surface area (Å²) in [5.41, 5.74) is 1.01. The molecule has 1 aromatic rings. The first kappa shape index (κ1) is 14.8. The molecule has 1 saturated heterocycles. The lowest BCUT2D eigenvalue weighted by atomic mass is 10.2. The molecule has 1 atom stereocenters. The average Bonchev–Trinajstić information content (AvgIpc) is 2.90. The quantitative estimate of drug-likeness (QED) is 0.917. The molecule has 0 saturated carbocycles. The summed E-state index contributed by atoms with van der Waals surface area (Å²) < 4.78 is 5.25. The molecule has 4 nitrogen and oxygen atoms in total. The molecule has 0 bridgehead atoms. The van der Waals surface area contributed by atoms with Gasteiger partial charge in [0.1, 0.15) is 6.61 Å². The normalized spacial score (nSPS) is 17.9. The highest BCUT2D eigenvalue weighted by Gasteiger charge is 2.23. The SMILES string of the molecule is CN(C(=O)OCc1ccccc1)[C@H]1CCCN1.Cl. The van der Waals surface area contributed by atoms with Crippen LogP contribution in [0, 0.1) is 0 Å². The number of hydrogen-bond acceptors (Lipinski definition) is 3. The Morgan fingerprint density at radius 1 is 1.44 bits per heavy atom. The van der Waals surface area contributed by atoms with Gasteiger partial charge in [0.25, 0.3) is 0 Å². The number of halogens is 1. The van der Waals surface area contributed by atoms with Gasteiger partial charge < -0.3 is 4.74 Å². The second-order valence-electron chi connectivity index (χ2n) is 4.26. The standard InChI is InChI=1S/C13H18N2O2.ClH/c1-15(12-8-5-9-14-12)13(16)17-10-11-6-3-2-4-7-11;/h2-4,6-7,12,14H,5,8-10H2,1H3;1H/t12-;/m0./s1. The average molecular weight is 271 g/mol. The Hall–Kier alpha value is -1.26. The van der Waals surface area contributed by atoms with Crippen LogP contribution in [-0.2, 0) is 11.3 Å². The lowest BCUT2D eigenvalue weighted by Gasteiger charge is -2.23. The van der Waals surface area contributed by atoms with Gasteiger partial charge in [-0.05, 0) is 24.9 Å². The monoisotopic (exact) mass is 270 g/mol. The predicted molar refractivity (Wildman–Crippen MR) is 72.7 cm³/mol. The van der Waals surface area contributed by atoms with E-state index in [1.165, 1.54) is 0 Å². The van der Waals surface area contributed by atoms with Crippen LogP contribution in [0.15, 0.2) is 30.3 Å². The van der Waals surface area contributed by atoms with E-state index in [2.05, 4.69) is 5.32 Å².